The summed E-state index contributed by atoms with van der Waals surface area (Å²) in [6, 6.07) is 0. The van der Waals surface area contributed by atoms with Gasteiger partial charge in [0.15, 0.2) is 0 Å². The van der Waals surface area contributed by atoms with Crippen LogP contribution in [0.1, 0.15) is 46.5 Å². The Morgan fingerprint density at radius 1 is 1.33 bits per heavy atom. The van der Waals surface area contributed by atoms with Crippen LogP contribution in [0.4, 0.5) is 0 Å². The van der Waals surface area contributed by atoms with E-state index in [0.29, 0.717) is 0 Å². The summed E-state index contributed by atoms with van der Waals surface area (Å²) in [4.78, 5) is 13.7. The SMILES string of the molecule is CCC1CCN(CC(C=O)(CC)CC)C1. The molecule has 15 heavy (non-hydrogen) atoms. The van der Waals surface area contributed by atoms with E-state index in [4.69, 9.17) is 0 Å². The van der Waals surface area contributed by atoms with E-state index in [1.54, 1.807) is 0 Å². The van der Waals surface area contributed by atoms with Crippen LogP contribution in [0.5, 0.6) is 0 Å². The van der Waals surface area contributed by atoms with Gasteiger partial charge in [0.2, 0.25) is 0 Å². The molecule has 88 valence electrons. The number of likely N-dealkylation sites (tertiary alicyclic amines) is 1. The fourth-order valence-corrected chi connectivity index (χ4v) is 2.51. The van der Waals surface area contributed by atoms with Crippen LogP contribution in [0.25, 0.3) is 0 Å². The van der Waals surface area contributed by atoms with E-state index in [0.717, 1.165) is 25.3 Å². The van der Waals surface area contributed by atoms with Gasteiger partial charge in [0.1, 0.15) is 6.29 Å². The lowest BCUT2D eigenvalue weighted by Crippen LogP contribution is -2.37. The van der Waals surface area contributed by atoms with Crippen LogP contribution in [-0.4, -0.2) is 30.8 Å². The molecule has 1 saturated heterocycles. The molecule has 0 bridgehead atoms. The second kappa shape index (κ2) is 5.64. The van der Waals surface area contributed by atoms with Crippen LogP contribution in [0, 0.1) is 11.3 Å². The molecule has 1 unspecified atom stereocenters. The van der Waals surface area contributed by atoms with Gasteiger partial charge in [-0.3, -0.25) is 0 Å². The summed E-state index contributed by atoms with van der Waals surface area (Å²) >= 11 is 0. The van der Waals surface area contributed by atoms with Crippen molar-refractivity contribution in [3.63, 3.8) is 0 Å². The van der Waals surface area contributed by atoms with Crippen molar-refractivity contribution in [1.29, 1.82) is 0 Å². The molecule has 0 saturated carbocycles. The molecular formula is C13H25NO. The zero-order valence-electron chi connectivity index (χ0n) is 10.5. The van der Waals surface area contributed by atoms with Crippen molar-refractivity contribution in [3.8, 4) is 0 Å². The van der Waals surface area contributed by atoms with Crippen LogP contribution in [0.15, 0.2) is 0 Å². The van der Waals surface area contributed by atoms with Gasteiger partial charge in [0.05, 0.1) is 0 Å². The maximum atomic E-state index is 11.2. The lowest BCUT2D eigenvalue weighted by molar-refractivity contribution is -0.117. The molecule has 1 aliphatic heterocycles. The highest BCUT2D eigenvalue weighted by Crippen LogP contribution is 2.28. The van der Waals surface area contributed by atoms with Gasteiger partial charge in [-0.25, -0.2) is 0 Å². The lowest BCUT2D eigenvalue weighted by atomic mass is 9.83. The van der Waals surface area contributed by atoms with Crippen LogP contribution in [0.3, 0.4) is 0 Å². The van der Waals surface area contributed by atoms with E-state index in [9.17, 15) is 4.79 Å². The second-order valence-electron chi connectivity index (χ2n) is 4.99. The quantitative estimate of drug-likeness (QED) is 0.630. The van der Waals surface area contributed by atoms with Crippen LogP contribution in [0.2, 0.25) is 0 Å². The summed E-state index contributed by atoms with van der Waals surface area (Å²) in [5, 5.41) is 0. The standard InChI is InChI=1S/C13H25NO/c1-4-12-7-8-14(9-12)10-13(5-2,6-3)11-15/h11-12H,4-10H2,1-3H3. The molecule has 0 amide bonds. The number of carbonyl (C=O) groups excluding carboxylic acids is 1. The maximum absolute atomic E-state index is 11.2. The largest absolute Gasteiger partial charge is 0.303 e. The van der Waals surface area contributed by atoms with E-state index in [2.05, 4.69) is 25.7 Å². The first-order valence-electron chi connectivity index (χ1n) is 6.38. The Balaban J connectivity index is 2.49. The molecule has 0 radical (unpaired) electrons. The Morgan fingerprint density at radius 3 is 2.40 bits per heavy atom. The minimum atomic E-state index is -0.0807. The van der Waals surface area contributed by atoms with Crippen molar-refractivity contribution in [1.82, 2.24) is 4.90 Å². The highest BCUT2D eigenvalue weighted by atomic mass is 16.1. The molecule has 0 N–H and O–H groups in total. The van der Waals surface area contributed by atoms with Crippen LogP contribution >= 0.6 is 0 Å². The first kappa shape index (κ1) is 12.7. The molecule has 2 nitrogen and oxygen atoms in total. The molecule has 1 aliphatic rings. The molecule has 1 fully saturated rings. The molecular weight excluding hydrogens is 186 g/mol. The average Bonchev–Trinajstić information content (AvgIpc) is 2.73. The van der Waals surface area contributed by atoms with Gasteiger partial charge in [-0.05, 0) is 31.7 Å². The lowest BCUT2D eigenvalue weighted by Gasteiger charge is -2.30. The highest BCUT2D eigenvalue weighted by molar-refractivity contribution is 5.59. The number of rotatable bonds is 6. The zero-order valence-corrected chi connectivity index (χ0v) is 10.5. The minimum absolute atomic E-state index is 0.0807. The summed E-state index contributed by atoms with van der Waals surface area (Å²) in [7, 11) is 0. The molecule has 0 spiro atoms. The van der Waals surface area contributed by atoms with Gasteiger partial charge in [0, 0.05) is 18.5 Å². The fraction of sp³-hybridized carbons (Fsp3) is 0.923. The Bertz CT molecular complexity index is 199. The van der Waals surface area contributed by atoms with Gasteiger partial charge >= 0.3 is 0 Å². The Morgan fingerprint density at radius 2 is 2.00 bits per heavy atom. The van der Waals surface area contributed by atoms with Gasteiger partial charge in [0.25, 0.3) is 0 Å². The summed E-state index contributed by atoms with van der Waals surface area (Å²) in [6.45, 7) is 9.89. The average molecular weight is 211 g/mol. The van der Waals surface area contributed by atoms with Gasteiger partial charge in [-0.1, -0.05) is 27.2 Å². The van der Waals surface area contributed by atoms with Crippen LogP contribution in [-0.2, 0) is 4.79 Å². The Hall–Kier alpha value is -0.370. The van der Waals surface area contributed by atoms with E-state index in [1.165, 1.54) is 32.2 Å². The van der Waals surface area contributed by atoms with Crippen molar-refractivity contribution in [2.75, 3.05) is 19.6 Å². The molecule has 1 atom stereocenters. The molecule has 0 aliphatic carbocycles. The number of hydrogen-bond donors (Lipinski definition) is 0. The van der Waals surface area contributed by atoms with E-state index in [-0.39, 0.29) is 5.41 Å². The van der Waals surface area contributed by atoms with Crippen molar-refractivity contribution in [3.05, 3.63) is 0 Å². The smallest absolute Gasteiger partial charge is 0.127 e. The third-order valence-electron chi connectivity index (χ3n) is 4.14. The van der Waals surface area contributed by atoms with E-state index >= 15 is 0 Å². The highest BCUT2D eigenvalue weighted by Gasteiger charge is 2.31. The first-order valence-corrected chi connectivity index (χ1v) is 6.38. The topological polar surface area (TPSA) is 20.3 Å². The number of hydrogen-bond acceptors (Lipinski definition) is 2. The molecule has 2 heteroatoms. The van der Waals surface area contributed by atoms with Crippen molar-refractivity contribution in [2.45, 2.75) is 46.5 Å². The van der Waals surface area contributed by atoms with E-state index in [1.807, 2.05) is 0 Å². The molecule has 0 aromatic carbocycles. The van der Waals surface area contributed by atoms with Crippen molar-refractivity contribution in [2.24, 2.45) is 11.3 Å². The van der Waals surface area contributed by atoms with Gasteiger partial charge < -0.3 is 9.69 Å². The monoisotopic (exact) mass is 211 g/mol. The van der Waals surface area contributed by atoms with Gasteiger partial charge in [-0.2, -0.15) is 0 Å². The number of aldehydes is 1. The summed E-state index contributed by atoms with van der Waals surface area (Å²) < 4.78 is 0. The number of carbonyl (C=O) groups is 1. The first-order chi connectivity index (χ1) is 7.19. The molecule has 0 aromatic rings. The zero-order chi connectivity index (χ0) is 11.3. The normalized spacial score (nSPS) is 23.3. The van der Waals surface area contributed by atoms with Crippen molar-refractivity contribution >= 4 is 6.29 Å². The minimum Gasteiger partial charge on any atom is -0.303 e. The number of nitrogens with zero attached hydrogens (tertiary/aromatic N) is 1. The van der Waals surface area contributed by atoms with E-state index < -0.39 is 0 Å². The second-order valence-corrected chi connectivity index (χ2v) is 4.99. The van der Waals surface area contributed by atoms with Crippen molar-refractivity contribution < 1.29 is 4.79 Å². The van der Waals surface area contributed by atoms with Crippen LogP contribution < -0.4 is 0 Å². The fourth-order valence-electron chi connectivity index (χ4n) is 2.51. The third kappa shape index (κ3) is 3.04. The maximum Gasteiger partial charge on any atom is 0.127 e. The molecule has 1 rings (SSSR count). The predicted octanol–water partition coefficient (Wildman–Crippen LogP) is 2.72. The van der Waals surface area contributed by atoms with Gasteiger partial charge in [-0.15, -0.1) is 0 Å². The Kier molecular flexibility index (Phi) is 4.78. The molecule has 0 aromatic heterocycles. The molecule has 1 heterocycles. The third-order valence-corrected chi connectivity index (χ3v) is 4.14. The Labute approximate surface area is 94.0 Å². The predicted molar refractivity (Wildman–Crippen MR) is 63.9 cm³/mol. The summed E-state index contributed by atoms with van der Waals surface area (Å²) in [6.07, 6.45) is 5.73. The summed E-state index contributed by atoms with van der Waals surface area (Å²) in [5.41, 5.74) is -0.0807. The summed E-state index contributed by atoms with van der Waals surface area (Å²) in [5.74, 6) is 0.864.